The van der Waals surface area contributed by atoms with Crippen molar-refractivity contribution in [2.24, 2.45) is 0 Å². The summed E-state index contributed by atoms with van der Waals surface area (Å²) in [6, 6.07) is 55.6. The minimum Gasteiger partial charge on any atom is -0.456 e. The van der Waals surface area contributed by atoms with E-state index in [-0.39, 0.29) is 10.8 Å². The van der Waals surface area contributed by atoms with E-state index in [1.807, 2.05) is 55.0 Å². The van der Waals surface area contributed by atoms with Crippen molar-refractivity contribution in [1.82, 2.24) is 19.5 Å². The van der Waals surface area contributed by atoms with E-state index in [2.05, 4.69) is 168 Å². The number of anilines is 3. The van der Waals surface area contributed by atoms with Crippen molar-refractivity contribution < 1.29 is 4.42 Å². The van der Waals surface area contributed by atoms with Crippen molar-refractivity contribution in [1.29, 1.82) is 0 Å². The highest BCUT2D eigenvalue weighted by molar-refractivity contribution is 6.14. The molecular weight excluding hydrogens is 747 g/mol. The Bertz CT molecular complexity index is 3180. The number of benzene rings is 5. The maximum Gasteiger partial charge on any atom is 0.137 e. The Morgan fingerprint density at radius 3 is 1.51 bits per heavy atom. The smallest absolute Gasteiger partial charge is 0.137 e. The van der Waals surface area contributed by atoms with Crippen LogP contribution in [-0.4, -0.2) is 19.5 Å². The summed E-state index contributed by atoms with van der Waals surface area (Å²) >= 11 is 0. The van der Waals surface area contributed by atoms with Crippen LogP contribution in [0.15, 0.2) is 181 Å². The minimum atomic E-state index is -0.215. The van der Waals surface area contributed by atoms with Crippen molar-refractivity contribution in [2.45, 2.75) is 38.5 Å². The molecule has 2 aliphatic heterocycles. The molecular formula is C55H41N5O. The number of aromatic nitrogens is 4. The summed E-state index contributed by atoms with van der Waals surface area (Å²) in [5.74, 6) is 2.38. The highest BCUT2D eigenvalue weighted by Gasteiger charge is 2.43. The first-order valence-corrected chi connectivity index (χ1v) is 20.9. The molecule has 292 valence electrons. The first kappa shape index (κ1) is 35.4. The number of pyridine rings is 3. The van der Waals surface area contributed by atoms with Gasteiger partial charge in [-0.25, -0.2) is 4.98 Å². The fourth-order valence-corrected chi connectivity index (χ4v) is 10.0. The van der Waals surface area contributed by atoms with Gasteiger partial charge in [-0.05, 0) is 107 Å². The Hall–Kier alpha value is -7.57. The van der Waals surface area contributed by atoms with Gasteiger partial charge >= 0.3 is 0 Å². The molecule has 0 spiro atoms. The van der Waals surface area contributed by atoms with Crippen molar-refractivity contribution >= 4 is 39.0 Å². The Kier molecular flexibility index (Phi) is 7.52. The monoisotopic (exact) mass is 787 g/mol. The minimum absolute atomic E-state index is 0.215. The van der Waals surface area contributed by atoms with Crippen LogP contribution in [0.2, 0.25) is 0 Å². The molecule has 5 aromatic heterocycles. The first-order chi connectivity index (χ1) is 29.8. The van der Waals surface area contributed by atoms with Crippen LogP contribution in [0.5, 0.6) is 0 Å². The molecule has 0 bridgehead atoms. The van der Waals surface area contributed by atoms with Gasteiger partial charge in [0, 0.05) is 73.8 Å². The number of hydrogen-bond donors (Lipinski definition) is 0. The lowest BCUT2D eigenvalue weighted by atomic mass is 9.68. The number of rotatable bonds is 7. The molecule has 0 amide bonds. The Labute approximate surface area is 354 Å². The topological polar surface area (TPSA) is 60.0 Å². The van der Waals surface area contributed by atoms with Crippen molar-refractivity contribution in [3.8, 4) is 50.8 Å². The van der Waals surface area contributed by atoms with Crippen LogP contribution in [-0.2, 0) is 10.8 Å². The Morgan fingerprint density at radius 1 is 0.459 bits per heavy atom. The molecule has 0 aliphatic carbocycles. The van der Waals surface area contributed by atoms with E-state index in [4.69, 9.17) is 9.40 Å². The molecule has 2 aliphatic rings. The van der Waals surface area contributed by atoms with Gasteiger partial charge in [-0.3, -0.25) is 14.9 Å². The molecule has 0 atom stereocenters. The summed E-state index contributed by atoms with van der Waals surface area (Å²) < 4.78 is 9.36. The van der Waals surface area contributed by atoms with E-state index in [1.54, 1.807) is 0 Å². The molecule has 0 radical (unpaired) electrons. The van der Waals surface area contributed by atoms with Gasteiger partial charge in [0.25, 0.3) is 0 Å². The van der Waals surface area contributed by atoms with Crippen LogP contribution < -0.4 is 4.90 Å². The number of para-hydroxylation sites is 2. The average Bonchev–Trinajstić information content (AvgIpc) is 3.93. The summed E-state index contributed by atoms with van der Waals surface area (Å²) in [5.41, 5.74) is 16.7. The fraction of sp³-hybridized carbons (Fsp3) is 0.109. The van der Waals surface area contributed by atoms with Gasteiger partial charge in [-0.15, -0.1) is 0 Å². The van der Waals surface area contributed by atoms with Gasteiger partial charge in [0.05, 0.1) is 28.1 Å². The van der Waals surface area contributed by atoms with Crippen LogP contribution in [0.25, 0.3) is 72.7 Å². The average molecular weight is 788 g/mol. The quantitative estimate of drug-likeness (QED) is 0.161. The molecule has 61 heavy (non-hydrogen) atoms. The van der Waals surface area contributed by atoms with Crippen molar-refractivity contribution in [2.75, 3.05) is 4.90 Å². The van der Waals surface area contributed by atoms with Gasteiger partial charge < -0.3 is 8.98 Å². The summed E-state index contributed by atoms with van der Waals surface area (Å²) in [7, 11) is 0. The highest BCUT2D eigenvalue weighted by atomic mass is 16.3. The van der Waals surface area contributed by atoms with Crippen molar-refractivity contribution in [3.05, 3.63) is 199 Å². The van der Waals surface area contributed by atoms with Gasteiger partial charge in [-0.1, -0.05) is 100 Å². The largest absolute Gasteiger partial charge is 0.456 e. The summed E-state index contributed by atoms with van der Waals surface area (Å²) in [6.45, 7) is 9.49. The summed E-state index contributed by atoms with van der Waals surface area (Å²) in [6.07, 6.45) is 5.57. The molecule has 6 nitrogen and oxygen atoms in total. The van der Waals surface area contributed by atoms with Crippen LogP contribution in [0.1, 0.15) is 49.9 Å². The fourth-order valence-electron chi connectivity index (χ4n) is 10.0. The second-order valence-electron chi connectivity index (χ2n) is 17.3. The molecule has 6 heteroatoms. The number of nitrogens with zero attached hydrogens (tertiary/aromatic N) is 5. The van der Waals surface area contributed by atoms with Crippen LogP contribution in [0, 0.1) is 0 Å². The normalized spacial score (nSPS) is 14.2. The van der Waals surface area contributed by atoms with Gasteiger partial charge in [0.1, 0.15) is 17.3 Å². The Morgan fingerprint density at radius 2 is 1.00 bits per heavy atom. The van der Waals surface area contributed by atoms with E-state index < -0.39 is 0 Å². The zero-order chi connectivity index (χ0) is 41.0. The lowest BCUT2D eigenvalue weighted by molar-refractivity contribution is 0.585. The second kappa shape index (κ2) is 13.0. The third-order valence-electron chi connectivity index (χ3n) is 13.1. The van der Waals surface area contributed by atoms with E-state index in [1.165, 1.54) is 49.7 Å². The van der Waals surface area contributed by atoms with Gasteiger partial charge in [0.2, 0.25) is 0 Å². The van der Waals surface area contributed by atoms with Crippen LogP contribution in [0.3, 0.4) is 0 Å². The molecule has 0 saturated heterocycles. The predicted octanol–water partition coefficient (Wildman–Crippen LogP) is 14.0. The number of furan rings is 1. The van der Waals surface area contributed by atoms with E-state index in [9.17, 15) is 0 Å². The SMILES string of the molecule is CC1(C)c2cc(-c3ccc(-c4ccc(N(c5cccc(-c6ccccn6)c5)c5cccc(-c6ccccn6)c5)nc4)o3)cc3c2-n2c4c1cccc4c1cccc(c12)C3(C)C. The number of hydrogen-bond acceptors (Lipinski definition) is 5. The van der Waals surface area contributed by atoms with E-state index in [0.29, 0.717) is 0 Å². The molecule has 0 saturated carbocycles. The van der Waals surface area contributed by atoms with E-state index >= 15 is 0 Å². The molecule has 7 heterocycles. The Balaban J connectivity index is 0.944. The van der Waals surface area contributed by atoms with E-state index in [0.717, 1.165) is 62.4 Å². The lowest BCUT2D eigenvalue weighted by Gasteiger charge is -2.42. The van der Waals surface area contributed by atoms with Crippen LogP contribution in [0.4, 0.5) is 17.2 Å². The number of fused-ring (bicyclic) bond motifs is 1. The summed E-state index contributed by atoms with van der Waals surface area (Å²) in [5, 5.41) is 2.66. The van der Waals surface area contributed by atoms with Crippen LogP contribution >= 0.6 is 0 Å². The first-order valence-electron chi connectivity index (χ1n) is 20.9. The third kappa shape index (κ3) is 5.25. The maximum atomic E-state index is 6.79. The third-order valence-corrected chi connectivity index (χ3v) is 13.1. The molecule has 0 N–H and O–H groups in total. The standard InChI is InChI=1S/C55H41N5O/c1-54(2)42-19-11-17-40-41-18-12-20-43-52(41)60(51(40)42)53-44(54)31-37(32-45(53)55(43,3)4)49-25-24-48(61-49)36-23-26-50(58-33-36)59(38-15-9-13-34(29-38)46-21-5-7-27-56-46)39-16-10-14-35(30-39)47-22-6-8-28-57-47/h5-33H,1-4H3. The van der Waals surface area contributed by atoms with Gasteiger partial charge in [0.15, 0.2) is 0 Å². The molecule has 0 unspecified atom stereocenters. The molecule has 10 aromatic rings. The second-order valence-corrected chi connectivity index (χ2v) is 17.3. The van der Waals surface area contributed by atoms with Crippen molar-refractivity contribution in [3.63, 3.8) is 0 Å². The molecule has 5 aromatic carbocycles. The lowest BCUT2D eigenvalue weighted by Crippen LogP contribution is -2.33. The maximum absolute atomic E-state index is 6.79. The van der Waals surface area contributed by atoms with Gasteiger partial charge in [-0.2, -0.15) is 0 Å². The summed E-state index contributed by atoms with van der Waals surface area (Å²) in [4.78, 5) is 16.6. The molecule has 0 fully saturated rings. The predicted molar refractivity (Wildman–Crippen MR) is 247 cm³/mol. The zero-order valence-corrected chi connectivity index (χ0v) is 34.4. The molecule has 12 rings (SSSR count). The highest BCUT2D eigenvalue weighted by Crippen LogP contribution is 2.56. The zero-order valence-electron chi connectivity index (χ0n) is 34.4.